The number of para-hydroxylation sites is 1. The van der Waals surface area contributed by atoms with Gasteiger partial charge in [-0.3, -0.25) is 0 Å². The molecule has 1 heterocycles. The molecule has 3 nitrogen and oxygen atoms in total. The SMILES string of the molecule is CCOc1ccccc1-c1nc(C(N)=S)cs1. The number of nitrogens with two attached hydrogens (primary N) is 1. The molecule has 0 radical (unpaired) electrons. The van der Waals surface area contributed by atoms with Crippen LogP contribution < -0.4 is 10.5 Å². The molecule has 1 aromatic carbocycles. The van der Waals surface area contributed by atoms with Crippen LogP contribution in [0.15, 0.2) is 29.6 Å². The number of ether oxygens (including phenoxy) is 1. The lowest BCUT2D eigenvalue weighted by molar-refractivity contribution is 0.341. The molecule has 0 unspecified atom stereocenters. The molecule has 1 aromatic heterocycles. The van der Waals surface area contributed by atoms with E-state index in [1.807, 2.05) is 36.6 Å². The highest BCUT2D eigenvalue weighted by Gasteiger charge is 2.10. The van der Waals surface area contributed by atoms with Crippen LogP contribution in [0.1, 0.15) is 12.6 Å². The lowest BCUT2D eigenvalue weighted by atomic mass is 10.2. The van der Waals surface area contributed by atoms with Crippen molar-refractivity contribution in [3.63, 3.8) is 0 Å². The molecule has 0 fully saturated rings. The largest absolute Gasteiger partial charge is 0.493 e. The number of aromatic nitrogens is 1. The molecule has 0 aliphatic carbocycles. The summed E-state index contributed by atoms with van der Waals surface area (Å²) < 4.78 is 5.56. The topological polar surface area (TPSA) is 48.1 Å². The predicted molar refractivity (Wildman–Crippen MR) is 74.6 cm³/mol. The number of hydrogen-bond acceptors (Lipinski definition) is 4. The smallest absolute Gasteiger partial charge is 0.129 e. The van der Waals surface area contributed by atoms with Crippen molar-refractivity contribution in [2.45, 2.75) is 6.92 Å². The van der Waals surface area contributed by atoms with Gasteiger partial charge in [0.25, 0.3) is 0 Å². The normalized spacial score (nSPS) is 10.2. The molecule has 2 rings (SSSR count). The third-order valence-electron chi connectivity index (χ3n) is 2.17. The summed E-state index contributed by atoms with van der Waals surface area (Å²) in [7, 11) is 0. The van der Waals surface area contributed by atoms with E-state index in [1.54, 1.807) is 0 Å². The number of thiazole rings is 1. The molecule has 2 N–H and O–H groups in total. The van der Waals surface area contributed by atoms with Gasteiger partial charge in [0.15, 0.2) is 0 Å². The molecule has 2 aromatic rings. The molecular weight excluding hydrogens is 252 g/mol. The Labute approximate surface area is 109 Å². The number of hydrogen-bond donors (Lipinski definition) is 1. The van der Waals surface area contributed by atoms with Crippen molar-refractivity contribution < 1.29 is 4.74 Å². The summed E-state index contributed by atoms with van der Waals surface area (Å²) in [4.78, 5) is 4.72. The summed E-state index contributed by atoms with van der Waals surface area (Å²) in [6.07, 6.45) is 0. The van der Waals surface area contributed by atoms with Crippen LogP contribution in [0.25, 0.3) is 10.6 Å². The van der Waals surface area contributed by atoms with Gasteiger partial charge in [0.2, 0.25) is 0 Å². The third-order valence-corrected chi connectivity index (χ3v) is 3.26. The van der Waals surface area contributed by atoms with E-state index < -0.39 is 0 Å². The van der Waals surface area contributed by atoms with Gasteiger partial charge in [0.1, 0.15) is 21.4 Å². The van der Waals surface area contributed by atoms with E-state index in [9.17, 15) is 0 Å². The van der Waals surface area contributed by atoms with Crippen LogP contribution >= 0.6 is 23.6 Å². The Hall–Kier alpha value is -1.46. The maximum atomic E-state index is 5.56. The van der Waals surface area contributed by atoms with Gasteiger partial charge in [-0.2, -0.15) is 0 Å². The van der Waals surface area contributed by atoms with Crippen molar-refractivity contribution in [1.29, 1.82) is 0 Å². The Morgan fingerprint density at radius 2 is 2.24 bits per heavy atom. The van der Waals surface area contributed by atoms with Gasteiger partial charge in [0.05, 0.1) is 12.2 Å². The van der Waals surface area contributed by atoms with Gasteiger partial charge in [-0.15, -0.1) is 11.3 Å². The standard InChI is InChI=1S/C12H12N2OS2/c1-2-15-10-6-4-3-5-8(10)12-14-9(7-17-12)11(13)16/h3-7H,2H2,1H3,(H2,13,16). The van der Waals surface area contributed by atoms with Crippen molar-refractivity contribution in [2.75, 3.05) is 6.61 Å². The van der Waals surface area contributed by atoms with Gasteiger partial charge in [0, 0.05) is 5.38 Å². The van der Waals surface area contributed by atoms with Crippen LogP contribution in [0, 0.1) is 0 Å². The van der Waals surface area contributed by atoms with E-state index in [0.29, 0.717) is 17.3 Å². The zero-order valence-electron chi connectivity index (χ0n) is 9.34. The number of benzene rings is 1. The molecule has 0 bridgehead atoms. The van der Waals surface area contributed by atoms with E-state index >= 15 is 0 Å². The zero-order chi connectivity index (χ0) is 12.3. The highest BCUT2D eigenvalue weighted by Crippen LogP contribution is 2.32. The van der Waals surface area contributed by atoms with Gasteiger partial charge in [-0.1, -0.05) is 24.4 Å². The first-order valence-electron chi connectivity index (χ1n) is 5.20. The predicted octanol–water partition coefficient (Wildman–Crippen LogP) is 2.84. The van der Waals surface area contributed by atoms with Crippen LogP contribution in [0.2, 0.25) is 0 Å². The van der Waals surface area contributed by atoms with Gasteiger partial charge < -0.3 is 10.5 Å². The second kappa shape index (κ2) is 5.25. The zero-order valence-corrected chi connectivity index (χ0v) is 11.0. The molecule has 0 amide bonds. The van der Waals surface area contributed by atoms with Crippen molar-refractivity contribution >= 4 is 28.5 Å². The van der Waals surface area contributed by atoms with Gasteiger partial charge in [-0.25, -0.2) is 4.98 Å². The third kappa shape index (κ3) is 2.62. The van der Waals surface area contributed by atoms with E-state index in [1.165, 1.54) is 11.3 Å². The molecule has 0 saturated heterocycles. The first-order valence-corrected chi connectivity index (χ1v) is 6.48. The van der Waals surface area contributed by atoms with E-state index in [4.69, 9.17) is 22.7 Å². The molecule has 0 aliphatic rings. The lowest BCUT2D eigenvalue weighted by Gasteiger charge is -2.07. The minimum absolute atomic E-state index is 0.321. The summed E-state index contributed by atoms with van der Waals surface area (Å²) in [5.41, 5.74) is 7.18. The first-order chi connectivity index (χ1) is 8.22. The number of nitrogens with zero attached hydrogens (tertiary/aromatic N) is 1. The minimum Gasteiger partial charge on any atom is -0.493 e. The van der Waals surface area contributed by atoms with Crippen LogP contribution in [-0.2, 0) is 0 Å². The second-order valence-electron chi connectivity index (χ2n) is 3.33. The summed E-state index contributed by atoms with van der Waals surface area (Å²) in [6, 6.07) is 7.81. The molecule has 0 atom stereocenters. The average molecular weight is 264 g/mol. The Kier molecular flexibility index (Phi) is 3.71. The molecule has 0 spiro atoms. The van der Waals surface area contributed by atoms with E-state index in [0.717, 1.165) is 16.3 Å². The van der Waals surface area contributed by atoms with E-state index in [2.05, 4.69) is 4.98 Å². The van der Waals surface area contributed by atoms with Crippen molar-refractivity contribution in [3.05, 3.63) is 35.3 Å². The van der Waals surface area contributed by atoms with Crippen LogP contribution in [0.3, 0.4) is 0 Å². The maximum Gasteiger partial charge on any atom is 0.129 e. The maximum absolute atomic E-state index is 5.56. The minimum atomic E-state index is 0.321. The summed E-state index contributed by atoms with van der Waals surface area (Å²) in [5.74, 6) is 0.832. The van der Waals surface area contributed by atoms with Gasteiger partial charge in [-0.05, 0) is 19.1 Å². The van der Waals surface area contributed by atoms with Crippen LogP contribution in [0.5, 0.6) is 5.75 Å². The van der Waals surface area contributed by atoms with Crippen molar-refractivity contribution in [2.24, 2.45) is 5.73 Å². The van der Waals surface area contributed by atoms with Crippen LogP contribution in [-0.4, -0.2) is 16.6 Å². The monoisotopic (exact) mass is 264 g/mol. The molecule has 0 saturated carbocycles. The average Bonchev–Trinajstić information content (AvgIpc) is 2.79. The Bertz CT molecular complexity index is 537. The molecular formula is C12H12N2OS2. The molecule has 0 aliphatic heterocycles. The first kappa shape index (κ1) is 12.0. The Morgan fingerprint density at radius 3 is 2.88 bits per heavy atom. The quantitative estimate of drug-likeness (QED) is 0.863. The van der Waals surface area contributed by atoms with Gasteiger partial charge >= 0.3 is 0 Å². The molecule has 5 heteroatoms. The van der Waals surface area contributed by atoms with E-state index in [-0.39, 0.29) is 0 Å². The van der Waals surface area contributed by atoms with Crippen molar-refractivity contribution in [3.8, 4) is 16.3 Å². The van der Waals surface area contributed by atoms with Crippen molar-refractivity contribution in [1.82, 2.24) is 4.98 Å². The molecule has 88 valence electrons. The lowest BCUT2D eigenvalue weighted by Crippen LogP contribution is -2.09. The van der Waals surface area contributed by atoms with Crippen LogP contribution in [0.4, 0.5) is 0 Å². The second-order valence-corrected chi connectivity index (χ2v) is 4.63. The molecule has 17 heavy (non-hydrogen) atoms. The highest BCUT2D eigenvalue weighted by molar-refractivity contribution is 7.80. The Balaban J connectivity index is 2.41. The summed E-state index contributed by atoms with van der Waals surface area (Å²) in [6.45, 7) is 2.59. The highest BCUT2D eigenvalue weighted by atomic mass is 32.1. The fourth-order valence-electron chi connectivity index (χ4n) is 1.44. The number of rotatable bonds is 4. The fraction of sp³-hybridized carbons (Fsp3) is 0.167. The number of thiocarbonyl (C=S) groups is 1. The summed E-state index contributed by atoms with van der Waals surface area (Å²) >= 11 is 6.41. The Morgan fingerprint density at radius 1 is 1.47 bits per heavy atom. The fourth-order valence-corrected chi connectivity index (χ4v) is 2.46. The summed E-state index contributed by atoms with van der Waals surface area (Å²) in [5, 5.41) is 2.73.